The second kappa shape index (κ2) is 4.45. The molecule has 1 atom stereocenters. The van der Waals surface area contributed by atoms with Crippen molar-refractivity contribution >= 4 is 5.91 Å². The number of hydrogen-bond donors (Lipinski definition) is 1. The van der Waals surface area contributed by atoms with E-state index in [9.17, 15) is 4.79 Å². The summed E-state index contributed by atoms with van der Waals surface area (Å²) in [6.45, 7) is 3.94. The topological polar surface area (TPSA) is 32.3 Å². The summed E-state index contributed by atoms with van der Waals surface area (Å²) in [5.74, 6) is 0.205. The lowest BCUT2D eigenvalue weighted by Gasteiger charge is -2.18. The van der Waals surface area contributed by atoms with Gasteiger partial charge in [0.1, 0.15) is 0 Å². The van der Waals surface area contributed by atoms with Crippen molar-refractivity contribution in [1.29, 1.82) is 0 Å². The van der Waals surface area contributed by atoms with Gasteiger partial charge in [0.15, 0.2) is 0 Å². The van der Waals surface area contributed by atoms with Crippen LogP contribution in [0.1, 0.15) is 26.2 Å². The minimum atomic E-state index is 0.136. The van der Waals surface area contributed by atoms with E-state index in [1.807, 2.05) is 7.05 Å². The third-order valence-corrected chi connectivity index (χ3v) is 2.37. The molecule has 1 amide bonds. The normalized spacial score (nSPS) is 24.3. The highest BCUT2D eigenvalue weighted by Gasteiger charge is 2.26. The molecule has 1 saturated heterocycles. The number of hydrogen-bond acceptors (Lipinski definition) is 2. The van der Waals surface area contributed by atoms with Gasteiger partial charge >= 0.3 is 0 Å². The Morgan fingerprint density at radius 1 is 1.67 bits per heavy atom. The first-order chi connectivity index (χ1) is 5.75. The summed E-state index contributed by atoms with van der Waals surface area (Å²) < 4.78 is 0. The zero-order chi connectivity index (χ0) is 8.97. The molecule has 1 N–H and O–H groups in total. The number of amides is 1. The van der Waals surface area contributed by atoms with Crippen LogP contribution in [0.15, 0.2) is 0 Å². The summed E-state index contributed by atoms with van der Waals surface area (Å²) in [6, 6.07) is 0.136. The quantitative estimate of drug-likeness (QED) is 0.673. The van der Waals surface area contributed by atoms with Crippen LogP contribution in [0, 0.1) is 0 Å². The molecular weight excluding hydrogens is 152 g/mol. The van der Waals surface area contributed by atoms with Crippen molar-refractivity contribution in [3.8, 4) is 0 Å². The smallest absolute Gasteiger partial charge is 0.237 e. The highest BCUT2D eigenvalue weighted by Crippen LogP contribution is 2.14. The molecule has 0 aromatic rings. The van der Waals surface area contributed by atoms with Crippen LogP contribution in [0.5, 0.6) is 0 Å². The van der Waals surface area contributed by atoms with E-state index in [1.165, 1.54) is 0 Å². The van der Waals surface area contributed by atoms with E-state index in [-0.39, 0.29) is 11.9 Å². The molecule has 0 unspecified atom stereocenters. The van der Waals surface area contributed by atoms with Gasteiger partial charge in [-0.1, -0.05) is 6.92 Å². The number of likely N-dealkylation sites (tertiary alicyclic amines) is 1. The number of likely N-dealkylation sites (N-methyl/N-ethyl adjacent to an activating group) is 1. The first-order valence-electron chi connectivity index (χ1n) is 4.73. The highest BCUT2D eigenvalue weighted by atomic mass is 16.2. The van der Waals surface area contributed by atoms with Gasteiger partial charge in [0.2, 0.25) is 5.91 Å². The fraction of sp³-hybridized carbons (Fsp3) is 0.889. The number of nitrogens with zero attached hydrogens (tertiary/aromatic N) is 1. The number of carbonyl (C=O) groups excluding carboxylic acids is 1. The summed E-state index contributed by atoms with van der Waals surface area (Å²) in [7, 11) is 2.02. The molecule has 0 aromatic carbocycles. The molecule has 1 rings (SSSR count). The average Bonchev–Trinajstić information content (AvgIpc) is 2.47. The summed E-state index contributed by atoms with van der Waals surface area (Å²) in [5, 5.41) is 2.92. The zero-order valence-electron chi connectivity index (χ0n) is 7.97. The van der Waals surface area contributed by atoms with Crippen LogP contribution in [-0.2, 0) is 4.79 Å². The Hall–Kier alpha value is -0.570. The highest BCUT2D eigenvalue weighted by molar-refractivity contribution is 5.81. The molecule has 1 aliphatic rings. The maximum atomic E-state index is 11.5. The van der Waals surface area contributed by atoms with Gasteiger partial charge in [0, 0.05) is 6.54 Å². The Kier molecular flexibility index (Phi) is 3.53. The van der Waals surface area contributed by atoms with E-state index < -0.39 is 0 Å². The van der Waals surface area contributed by atoms with Gasteiger partial charge in [-0.25, -0.2) is 0 Å². The van der Waals surface area contributed by atoms with Crippen molar-refractivity contribution in [2.24, 2.45) is 0 Å². The fourth-order valence-corrected chi connectivity index (χ4v) is 1.61. The zero-order valence-corrected chi connectivity index (χ0v) is 7.97. The molecule has 3 heteroatoms. The largest absolute Gasteiger partial charge is 0.355 e. The molecule has 0 aliphatic carbocycles. The molecule has 70 valence electrons. The molecule has 0 spiro atoms. The van der Waals surface area contributed by atoms with Crippen molar-refractivity contribution in [3.05, 3.63) is 0 Å². The Bertz CT molecular complexity index is 159. The maximum absolute atomic E-state index is 11.5. The maximum Gasteiger partial charge on any atom is 0.237 e. The predicted octanol–water partition coefficient (Wildman–Crippen LogP) is 0.607. The Morgan fingerprint density at radius 2 is 2.42 bits per heavy atom. The molecule has 0 bridgehead atoms. The van der Waals surface area contributed by atoms with Crippen LogP contribution in [0.4, 0.5) is 0 Å². The van der Waals surface area contributed by atoms with Crippen molar-refractivity contribution in [2.75, 3.05) is 20.1 Å². The van der Waals surface area contributed by atoms with E-state index in [0.717, 1.165) is 32.4 Å². The minimum Gasteiger partial charge on any atom is -0.355 e. The van der Waals surface area contributed by atoms with Crippen LogP contribution in [-0.4, -0.2) is 37.0 Å². The first-order valence-corrected chi connectivity index (χ1v) is 4.73. The second-order valence-corrected chi connectivity index (χ2v) is 3.43. The molecule has 1 aliphatic heterocycles. The van der Waals surface area contributed by atoms with Gasteiger partial charge in [-0.2, -0.15) is 0 Å². The fourth-order valence-electron chi connectivity index (χ4n) is 1.61. The predicted molar refractivity (Wildman–Crippen MR) is 49.0 cm³/mol. The molecule has 0 aromatic heterocycles. The van der Waals surface area contributed by atoms with Crippen LogP contribution >= 0.6 is 0 Å². The summed E-state index contributed by atoms with van der Waals surface area (Å²) in [6.07, 6.45) is 3.19. The molecule has 0 saturated carbocycles. The van der Waals surface area contributed by atoms with Gasteiger partial charge in [0.05, 0.1) is 6.04 Å². The molecular formula is C9H18N2O. The van der Waals surface area contributed by atoms with Gasteiger partial charge in [-0.15, -0.1) is 0 Å². The van der Waals surface area contributed by atoms with E-state index >= 15 is 0 Å². The van der Waals surface area contributed by atoms with E-state index in [1.54, 1.807) is 0 Å². The van der Waals surface area contributed by atoms with Gasteiger partial charge in [-0.3, -0.25) is 9.69 Å². The van der Waals surface area contributed by atoms with Crippen molar-refractivity contribution in [3.63, 3.8) is 0 Å². The number of carbonyl (C=O) groups is 1. The van der Waals surface area contributed by atoms with Gasteiger partial charge in [0.25, 0.3) is 0 Å². The number of rotatable bonds is 3. The lowest BCUT2D eigenvalue weighted by atomic mass is 10.2. The van der Waals surface area contributed by atoms with E-state index in [0.29, 0.717) is 0 Å². The third-order valence-electron chi connectivity index (χ3n) is 2.37. The summed E-state index contributed by atoms with van der Waals surface area (Å²) in [4.78, 5) is 13.6. The van der Waals surface area contributed by atoms with Crippen LogP contribution < -0.4 is 5.32 Å². The van der Waals surface area contributed by atoms with Crippen LogP contribution in [0.25, 0.3) is 0 Å². The molecule has 0 radical (unpaired) electrons. The lowest BCUT2D eigenvalue weighted by molar-refractivity contribution is -0.125. The SMILES string of the molecule is CCCNC(=O)[C@@H]1CCCN1C. The monoisotopic (exact) mass is 170 g/mol. The van der Waals surface area contributed by atoms with Crippen molar-refractivity contribution in [2.45, 2.75) is 32.2 Å². The molecule has 1 fully saturated rings. The van der Waals surface area contributed by atoms with Crippen LogP contribution in [0.2, 0.25) is 0 Å². The van der Waals surface area contributed by atoms with E-state index in [4.69, 9.17) is 0 Å². The Labute approximate surface area is 74.1 Å². The van der Waals surface area contributed by atoms with Crippen LogP contribution in [0.3, 0.4) is 0 Å². The van der Waals surface area contributed by atoms with Crippen molar-refractivity contribution in [1.82, 2.24) is 10.2 Å². The molecule has 1 heterocycles. The van der Waals surface area contributed by atoms with Gasteiger partial charge in [-0.05, 0) is 32.9 Å². The first kappa shape index (κ1) is 9.52. The van der Waals surface area contributed by atoms with Gasteiger partial charge < -0.3 is 5.32 Å². The van der Waals surface area contributed by atoms with Crippen molar-refractivity contribution < 1.29 is 4.79 Å². The lowest BCUT2D eigenvalue weighted by Crippen LogP contribution is -2.41. The second-order valence-electron chi connectivity index (χ2n) is 3.43. The Balaban J connectivity index is 2.30. The minimum absolute atomic E-state index is 0.136. The standard InChI is InChI=1S/C9H18N2O/c1-3-6-10-9(12)8-5-4-7-11(8)2/h8H,3-7H2,1-2H3,(H,10,12)/t8-/m0/s1. The van der Waals surface area contributed by atoms with E-state index in [2.05, 4.69) is 17.1 Å². The molecule has 12 heavy (non-hydrogen) atoms. The third kappa shape index (κ3) is 2.21. The molecule has 3 nitrogen and oxygen atoms in total. The summed E-state index contributed by atoms with van der Waals surface area (Å²) in [5.41, 5.74) is 0. The summed E-state index contributed by atoms with van der Waals surface area (Å²) >= 11 is 0. The number of nitrogens with one attached hydrogen (secondary N) is 1. The average molecular weight is 170 g/mol. The Morgan fingerprint density at radius 3 is 2.92 bits per heavy atom.